The molecule has 0 atom stereocenters. The van der Waals surface area contributed by atoms with E-state index in [4.69, 9.17) is 47.3 Å². The number of phosphoric acid groups is 2. The number of hydrogen-bond acceptors (Lipinski definition) is 12. The van der Waals surface area contributed by atoms with Crippen molar-refractivity contribution in [3.05, 3.63) is 146 Å². The van der Waals surface area contributed by atoms with Crippen LogP contribution in [-0.2, 0) is 27.8 Å². The third-order valence-corrected chi connectivity index (χ3v) is 7.01. The summed E-state index contributed by atoms with van der Waals surface area (Å²) >= 11 is 0. The minimum Gasteiger partial charge on any atom is -0.400 e. The Morgan fingerprint density at radius 2 is 0.568 bits per heavy atom. The quantitative estimate of drug-likeness (QED) is 0.0583. The standard InChI is InChI=1S/C30H24O12P2/c31-43(39-33-25-14-5-1-6-15-25,40-34-26-16-7-2-8-17-26)37-29-22-13-23-30(24-29)38-44(32,41-35-27-18-9-3-10-19-27)42-36-28-20-11-4-12-21-28/h1-24H. The lowest BCUT2D eigenvalue weighted by Gasteiger charge is -2.18. The van der Waals surface area contributed by atoms with E-state index in [2.05, 4.69) is 0 Å². The number of para-hydroxylation sites is 4. The van der Waals surface area contributed by atoms with Crippen molar-refractivity contribution < 1.29 is 56.4 Å². The maximum Gasteiger partial charge on any atom is 0.604 e. The molecule has 0 fully saturated rings. The maximum absolute atomic E-state index is 13.5. The fourth-order valence-electron chi connectivity index (χ4n) is 3.19. The Hall–Kier alpha value is -4.80. The molecule has 0 bridgehead atoms. The van der Waals surface area contributed by atoms with Crippen LogP contribution in [0, 0.1) is 0 Å². The summed E-state index contributed by atoms with van der Waals surface area (Å²) in [5.41, 5.74) is 0. The van der Waals surface area contributed by atoms with Crippen molar-refractivity contribution in [3.8, 4) is 34.5 Å². The predicted molar refractivity (Wildman–Crippen MR) is 156 cm³/mol. The van der Waals surface area contributed by atoms with Crippen LogP contribution in [0.1, 0.15) is 0 Å². The van der Waals surface area contributed by atoms with E-state index in [9.17, 15) is 9.13 Å². The summed E-state index contributed by atoms with van der Waals surface area (Å²) in [4.78, 5) is 20.6. The first-order valence-electron chi connectivity index (χ1n) is 12.8. The molecule has 0 aliphatic carbocycles. The first-order valence-corrected chi connectivity index (χ1v) is 15.7. The molecule has 0 aromatic heterocycles. The van der Waals surface area contributed by atoms with Crippen LogP contribution in [0.15, 0.2) is 146 Å². The highest BCUT2D eigenvalue weighted by Gasteiger charge is 2.37. The lowest BCUT2D eigenvalue weighted by Crippen LogP contribution is -2.09. The lowest BCUT2D eigenvalue weighted by molar-refractivity contribution is -0.185. The second-order valence-corrected chi connectivity index (χ2v) is 11.2. The minimum absolute atomic E-state index is 0.126. The minimum atomic E-state index is -4.63. The van der Waals surface area contributed by atoms with Crippen LogP contribution >= 0.6 is 15.6 Å². The van der Waals surface area contributed by atoms with Crippen molar-refractivity contribution in [3.63, 3.8) is 0 Å². The van der Waals surface area contributed by atoms with Gasteiger partial charge >= 0.3 is 15.6 Å². The second kappa shape index (κ2) is 15.1. The summed E-state index contributed by atoms with van der Waals surface area (Å²) in [6.45, 7) is 0. The monoisotopic (exact) mass is 638 g/mol. The molecule has 0 amide bonds. The maximum atomic E-state index is 13.5. The van der Waals surface area contributed by atoms with Crippen LogP contribution in [0.5, 0.6) is 34.5 Å². The zero-order chi connectivity index (χ0) is 30.5. The van der Waals surface area contributed by atoms with E-state index >= 15 is 0 Å². The first-order chi connectivity index (χ1) is 21.5. The highest BCUT2D eigenvalue weighted by Crippen LogP contribution is 2.53. The van der Waals surface area contributed by atoms with Gasteiger partial charge in [-0.1, -0.05) is 97.6 Å². The largest absolute Gasteiger partial charge is 0.604 e. The molecule has 0 saturated carbocycles. The third kappa shape index (κ3) is 9.62. The molecule has 0 aliphatic heterocycles. The first kappa shape index (κ1) is 30.7. The molecule has 44 heavy (non-hydrogen) atoms. The van der Waals surface area contributed by atoms with Gasteiger partial charge in [-0.25, -0.2) is 9.13 Å². The fourth-order valence-corrected chi connectivity index (χ4v) is 4.81. The molecule has 226 valence electrons. The zero-order valence-corrected chi connectivity index (χ0v) is 24.4. The van der Waals surface area contributed by atoms with Gasteiger partial charge in [0.1, 0.15) is 11.5 Å². The average molecular weight is 638 g/mol. The highest BCUT2D eigenvalue weighted by molar-refractivity contribution is 7.49. The van der Waals surface area contributed by atoms with Crippen molar-refractivity contribution in [2.45, 2.75) is 0 Å². The molecule has 5 rings (SSSR count). The van der Waals surface area contributed by atoms with Gasteiger partial charge in [0.25, 0.3) is 0 Å². The van der Waals surface area contributed by atoms with Crippen molar-refractivity contribution in [1.29, 1.82) is 0 Å². The normalized spacial score (nSPS) is 11.3. The topological polar surface area (TPSA) is 126 Å². The summed E-state index contributed by atoms with van der Waals surface area (Å²) in [5, 5.41) is 0. The van der Waals surface area contributed by atoms with E-state index in [1.165, 1.54) is 24.3 Å². The predicted octanol–water partition coefficient (Wildman–Crippen LogP) is 8.70. The Bertz CT molecular complexity index is 1460. The summed E-state index contributed by atoms with van der Waals surface area (Å²) in [6, 6.07) is 38.3. The summed E-state index contributed by atoms with van der Waals surface area (Å²) < 4.78 is 58.3. The van der Waals surface area contributed by atoms with Crippen LogP contribution < -0.4 is 28.6 Å². The van der Waals surface area contributed by atoms with Crippen LogP contribution in [0.3, 0.4) is 0 Å². The van der Waals surface area contributed by atoms with Crippen LogP contribution in [0.25, 0.3) is 0 Å². The Morgan fingerprint density at radius 3 is 0.841 bits per heavy atom. The second-order valence-electron chi connectivity index (χ2n) is 8.44. The van der Waals surface area contributed by atoms with E-state index < -0.39 is 15.6 Å². The van der Waals surface area contributed by atoms with Gasteiger partial charge in [-0.05, 0) is 60.7 Å². The van der Waals surface area contributed by atoms with Gasteiger partial charge in [0.2, 0.25) is 0 Å². The Morgan fingerprint density at radius 1 is 0.318 bits per heavy atom. The Labute approximate surface area is 252 Å². The highest BCUT2D eigenvalue weighted by atomic mass is 31.2. The SMILES string of the molecule is O=P(OOc1ccccc1)(OOc1ccccc1)Oc1cccc(OP(=O)(OOc2ccccc2)OOc2ccccc2)c1. The van der Waals surface area contributed by atoms with Crippen molar-refractivity contribution in [2.75, 3.05) is 0 Å². The van der Waals surface area contributed by atoms with Crippen molar-refractivity contribution >= 4 is 15.6 Å². The van der Waals surface area contributed by atoms with E-state index in [1.54, 1.807) is 121 Å². The van der Waals surface area contributed by atoms with E-state index in [0.717, 1.165) is 0 Å². The summed E-state index contributed by atoms with van der Waals surface area (Å²) in [5.74, 6) is 0.595. The van der Waals surface area contributed by atoms with Crippen LogP contribution in [0.2, 0.25) is 0 Å². The molecule has 5 aromatic rings. The number of rotatable bonds is 16. The molecule has 0 aliphatic rings. The molecule has 5 aromatic carbocycles. The van der Waals surface area contributed by atoms with Gasteiger partial charge in [-0.15, -0.1) is 0 Å². The number of benzene rings is 5. The van der Waals surface area contributed by atoms with Gasteiger partial charge < -0.3 is 28.6 Å². The zero-order valence-electron chi connectivity index (χ0n) is 22.6. The molecular formula is C30H24O12P2. The van der Waals surface area contributed by atoms with Crippen molar-refractivity contribution in [2.24, 2.45) is 0 Å². The summed E-state index contributed by atoms with van der Waals surface area (Å²) in [7, 11) is -9.26. The van der Waals surface area contributed by atoms with Gasteiger partial charge in [-0.2, -0.15) is 0 Å². The van der Waals surface area contributed by atoms with Crippen LogP contribution in [-0.4, -0.2) is 0 Å². The smallest absolute Gasteiger partial charge is 0.400 e. The van der Waals surface area contributed by atoms with Gasteiger partial charge in [0.15, 0.2) is 23.0 Å². The lowest BCUT2D eigenvalue weighted by atomic mass is 10.3. The molecule has 0 saturated heterocycles. The molecule has 0 spiro atoms. The summed E-state index contributed by atoms with van der Waals surface area (Å²) in [6.07, 6.45) is 0. The third-order valence-electron chi connectivity index (χ3n) is 5.11. The molecule has 14 heteroatoms. The molecule has 0 N–H and O–H groups in total. The van der Waals surface area contributed by atoms with Gasteiger partial charge in [0, 0.05) is 6.07 Å². The molecule has 12 nitrogen and oxygen atoms in total. The van der Waals surface area contributed by atoms with E-state index in [1.807, 2.05) is 0 Å². The van der Waals surface area contributed by atoms with E-state index in [-0.39, 0.29) is 34.5 Å². The number of hydrogen-bond donors (Lipinski definition) is 0. The van der Waals surface area contributed by atoms with Gasteiger partial charge in [0.05, 0.1) is 0 Å². The van der Waals surface area contributed by atoms with Crippen molar-refractivity contribution in [1.82, 2.24) is 0 Å². The average Bonchev–Trinajstić information content (AvgIpc) is 3.07. The molecular weight excluding hydrogens is 614 g/mol. The Kier molecular flexibility index (Phi) is 10.5. The molecule has 0 unspecified atom stereocenters. The van der Waals surface area contributed by atoms with E-state index in [0.29, 0.717) is 0 Å². The van der Waals surface area contributed by atoms with Crippen LogP contribution in [0.4, 0.5) is 0 Å². The fraction of sp³-hybridized carbons (Fsp3) is 0. The molecule has 0 heterocycles. The molecule has 0 radical (unpaired) electrons. The van der Waals surface area contributed by atoms with Gasteiger partial charge in [-0.3, -0.25) is 0 Å². The Balaban J connectivity index is 1.32.